The molecule has 0 fully saturated rings. The maximum atomic E-state index is 12.5. The second-order valence-electron chi connectivity index (χ2n) is 5.92. The molecule has 1 amide bonds. The van der Waals surface area contributed by atoms with Crippen molar-refractivity contribution in [1.82, 2.24) is 5.32 Å². The van der Waals surface area contributed by atoms with Gasteiger partial charge in [-0.15, -0.1) is 0 Å². The molecule has 5 nitrogen and oxygen atoms in total. The topological polar surface area (TPSA) is 66.5 Å². The van der Waals surface area contributed by atoms with Crippen molar-refractivity contribution in [2.45, 2.75) is 26.4 Å². The fraction of sp³-hybridized carbons (Fsp3) is 0.278. The molecule has 134 valence electrons. The normalized spacial score (nSPS) is 12.5. The minimum Gasteiger partial charge on any atom is -0.350 e. The Hall–Kier alpha value is -2.05. The summed E-state index contributed by atoms with van der Waals surface area (Å²) in [6.45, 7) is 3.85. The lowest BCUT2D eigenvalue weighted by atomic mass is 10.1. The van der Waals surface area contributed by atoms with Crippen molar-refractivity contribution in [3.05, 3.63) is 64.7 Å². The van der Waals surface area contributed by atoms with E-state index in [0.717, 1.165) is 21.7 Å². The zero-order valence-corrected chi connectivity index (χ0v) is 15.9. The van der Waals surface area contributed by atoms with Crippen LogP contribution in [0.5, 0.6) is 0 Å². The number of benzene rings is 2. The number of aryl methyl sites for hydroxylation is 1. The molecular formula is C18H21ClN2O3S. The molecule has 0 unspecified atom stereocenters. The predicted molar refractivity (Wildman–Crippen MR) is 101 cm³/mol. The van der Waals surface area contributed by atoms with E-state index in [1.165, 1.54) is 6.07 Å². The molecule has 25 heavy (non-hydrogen) atoms. The summed E-state index contributed by atoms with van der Waals surface area (Å²) >= 11 is 5.96. The first-order chi connectivity index (χ1) is 11.7. The van der Waals surface area contributed by atoms with E-state index in [1.807, 2.05) is 31.2 Å². The number of carbonyl (C=O) groups is 1. The van der Waals surface area contributed by atoms with E-state index in [1.54, 1.807) is 25.1 Å². The maximum absolute atomic E-state index is 12.5. The highest BCUT2D eigenvalue weighted by Gasteiger charge is 2.29. The minimum atomic E-state index is -3.65. The van der Waals surface area contributed by atoms with Crippen LogP contribution in [0, 0.1) is 6.92 Å². The molecular weight excluding hydrogens is 360 g/mol. The van der Waals surface area contributed by atoms with Crippen LogP contribution in [0.2, 0.25) is 5.02 Å². The number of rotatable bonds is 6. The summed E-state index contributed by atoms with van der Waals surface area (Å²) in [7, 11) is -3.65. The largest absolute Gasteiger partial charge is 0.350 e. The molecule has 0 aliphatic rings. The quantitative estimate of drug-likeness (QED) is 0.837. The first-order valence-corrected chi connectivity index (χ1v) is 9.99. The van der Waals surface area contributed by atoms with Crippen LogP contribution in [0.25, 0.3) is 0 Å². The molecule has 0 saturated carbocycles. The van der Waals surface area contributed by atoms with E-state index in [0.29, 0.717) is 17.3 Å². The van der Waals surface area contributed by atoms with Crippen LogP contribution in [-0.4, -0.2) is 26.6 Å². The molecule has 2 aromatic carbocycles. The molecule has 0 saturated heterocycles. The van der Waals surface area contributed by atoms with Gasteiger partial charge in [0.05, 0.1) is 11.9 Å². The van der Waals surface area contributed by atoms with E-state index < -0.39 is 16.1 Å². The van der Waals surface area contributed by atoms with Crippen molar-refractivity contribution < 1.29 is 13.2 Å². The smallest absolute Gasteiger partial charge is 0.243 e. The molecule has 1 atom stereocenters. The molecule has 0 radical (unpaired) electrons. The zero-order valence-electron chi connectivity index (χ0n) is 14.4. The number of halogens is 1. The lowest BCUT2D eigenvalue weighted by molar-refractivity contribution is -0.122. The third kappa shape index (κ3) is 5.21. The first kappa shape index (κ1) is 19.3. The number of nitrogens with zero attached hydrogens (tertiary/aromatic N) is 1. The number of carbonyl (C=O) groups excluding carboxylic acids is 1. The molecule has 7 heteroatoms. The molecule has 0 heterocycles. The average Bonchev–Trinajstić information content (AvgIpc) is 2.51. The lowest BCUT2D eigenvalue weighted by Gasteiger charge is -2.28. The van der Waals surface area contributed by atoms with Gasteiger partial charge in [-0.1, -0.05) is 47.5 Å². The van der Waals surface area contributed by atoms with Crippen LogP contribution >= 0.6 is 11.6 Å². The number of hydrogen-bond acceptors (Lipinski definition) is 3. The van der Waals surface area contributed by atoms with E-state index in [4.69, 9.17) is 11.6 Å². The molecule has 0 aliphatic heterocycles. The van der Waals surface area contributed by atoms with Gasteiger partial charge in [-0.2, -0.15) is 0 Å². The second kappa shape index (κ2) is 7.89. The van der Waals surface area contributed by atoms with Crippen LogP contribution in [0.1, 0.15) is 18.1 Å². The number of nitrogens with one attached hydrogen (secondary N) is 1. The highest BCUT2D eigenvalue weighted by molar-refractivity contribution is 7.92. The van der Waals surface area contributed by atoms with Crippen molar-refractivity contribution in [1.29, 1.82) is 0 Å². The summed E-state index contributed by atoms with van der Waals surface area (Å²) < 4.78 is 25.5. The maximum Gasteiger partial charge on any atom is 0.243 e. The van der Waals surface area contributed by atoms with Crippen molar-refractivity contribution in [2.24, 2.45) is 0 Å². The van der Waals surface area contributed by atoms with Gasteiger partial charge in [0.25, 0.3) is 0 Å². The van der Waals surface area contributed by atoms with E-state index in [-0.39, 0.29) is 5.91 Å². The monoisotopic (exact) mass is 380 g/mol. The first-order valence-electron chi connectivity index (χ1n) is 7.76. The standard InChI is InChI=1S/C18H21ClN2O3S/c1-13-6-4-7-15(10-13)12-20-18(22)14(2)21(25(3,23)24)17-9-5-8-16(19)11-17/h4-11,14H,12H2,1-3H3,(H,20,22)/t14-/m0/s1. The van der Waals surface area contributed by atoms with Crippen LogP contribution in [0.15, 0.2) is 48.5 Å². The summed E-state index contributed by atoms with van der Waals surface area (Å²) in [6, 6.07) is 13.3. The van der Waals surface area contributed by atoms with Gasteiger partial charge in [0.1, 0.15) is 6.04 Å². The Morgan fingerprint density at radius 1 is 1.20 bits per heavy atom. The minimum absolute atomic E-state index is 0.331. The Kier molecular flexibility index (Phi) is 6.08. The van der Waals surface area contributed by atoms with Gasteiger partial charge in [0.15, 0.2) is 0 Å². The second-order valence-corrected chi connectivity index (χ2v) is 8.22. The number of hydrogen-bond donors (Lipinski definition) is 1. The van der Waals surface area contributed by atoms with Gasteiger partial charge >= 0.3 is 0 Å². The molecule has 2 rings (SSSR count). The highest BCUT2D eigenvalue weighted by atomic mass is 35.5. The Labute approximate surface area is 153 Å². The van der Waals surface area contributed by atoms with Crippen molar-refractivity contribution in [2.75, 3.05) is 10.6 Å². The van der Waals surface area contributed by atoms with Gasteiger partial charge in [-0.3, -0.25) is 9.10 Å². The van der Waals surface area contributed by atoms with Gasteiger partial charge in [0.2, 0.25) is 15.9 Å². The third-order valence-corrected chi connectivity index (χ3v) is 5.18. The van der Waals surface area contributed by atoms with Crippen molar-refractivity contribution in [3.8, 4) is 0 Å². The van der Waals surface area contributed by atoms with Gasteiger partial charge < -0.3 is 5.32 Å². The zero-order chi connectivity index (χ0) is 18.6. The van der Waals surface area contributed by atoms with Crippen LogP contribution in [0.3, 0.4) is 0 Å². The van der Waals surface area contributed by atoms with Gasteiger partial charge in [-0.25, -0.2) is 8.42 Å². The third-order valence-electron chi connectivity index (χ3n) is 3.70. The Morgan fingerprint density at radius 3 is 2.48 bits per heavy atom. The lowest BCUT2D eigenvalue weighted by Crippen LogP contribution is -2.47. The summed E-state index contributed by atoms with van der Waals surface area (Å²) in [5.74, 6) is -0.382. The number of sulfonamides is 1. The number of anilines is 1. The predicted octanol–water partition coefficient (Wildman–Crippen LogP) is 3.12. The Bertz CT molecular complexity index is 868. The van der Waals surface area contributed by atoms with Gasteiger partial charge in [0, 0.05) is 11.6 Å². The van der Waals surface area contributed by atoms with Crippen LogP contribution < -0.4 is 9.62 Å². The highest BCUT2D eigenvalue weighted by Crippen LogP contribution is 2.24. The summed E-state index contributed by atoms with van der Waals surface area (Å²) in [5.41, 5.74) is 2.40. The molecule has 2 aromatic rings. The number of amides is 1. The molecule has 0 spiro atoms. The molecule has 0 bridgehead atoms. The summed E-state index contributed by atoms with van der Waals surface area (Å²) in [5, 5.41) is 3.19. The average molecular weight is 381 g/mol. The summed E-state index contributed by atoms with van der Waals surface area (Å²) in [4.78, 5) is 12.5. The van der Waals surface area contributed by atoms with Crippen LogP contribution in [-0.2, 0) is 21.4 Å². The fourth-order valence-corrected chi connectivity index (χ4v) is 3.93. The SMILES string of the molecule is Cc1cccc(CNC(=O)[C@H](C)N(c2cccc(Cl)c2)S(C)(=O)=O)c1. The van der Waals surface area contributed by atoms with E-state index in [9.17, 15) is 13.2 Å². The Balaban J connectivity index is 2.18. The summed E-state index contributed by atoms with van der Waals surface area (Å²) in [6.07, 6.45) is 1.07. The Morgan fingerprint density at radius 2 is 1.88 bits per heavy atom. The van der Waals surface area contributed by atoms with Crippen LogP contribution in [0.4, 0.5) is 5.69 Å². The van der Waals surface area contributed by atoms with Crippen molar-refractivity contribution in [3.63, 3.8) is 0 Å². The van der Waals surface area contributed by atoms with Gasteiger partial charge in [-0.05, 0) is 37.6 Å². The fourth-order valence-electron chi connectivity index (χ4n) is 2.58. The molecule has 0 aliphatic carbocycles. The van der Waals surface area contributed by atoms with E-state index in [2.05, 4.69) is 5.32 Å². The van der Waals surface area contributed by atoms with E-state index >= 15 is 0 Å². The molecule has 1 N–H and O–H groups in total. The van der Waals surface area contributed by atoms with Crippen molar-refractivity contribution >= 4 is 33.2 Å². The molecule has 0 aromatic heterocycles.